The molecule has 0 amide bonds. The van der Waals surface area contributed by atoms with Crippen LogP contribution >= 0.6 is 0 Å². The van der Waals surface area contributed by atoms with Gasteiger partial charge in [0.2, 0.25) is 0 Å². The van der Waals surface area contributed by atoms with Gasteiger partial charge in [-0.3, -0.25) is 0 Å². The van der Waals surface area contributed by atoms with Crippen molar-refractivity contribution in [1.82, 2.24) is 10.2 Å². The molecule has 0 bridgehead atoms. The first-order valence-electron chi connectivity index (χ1n) is 7.75. The second-order valence-electron chi connectivity index (χ2n) is 6.46. The van der Waals surface area contributed by atoms with E-state index in [1.54, 1.807) is 0 Å². The number of nitrogens with one attached hydrogen (secondary N) is 1. The van der Waals surface area contributed by atoms with E-state index in [0.717, 1.165) is 25.3 Å². The lowest BCUT2D eigenvalue weighted by Crippen LogP contribution is -2.47. The van der Waals surface area contributed by atoms with Crippen LogP contribution in [0.1, 0.15) is 51.9 Å². The minimum absolute atomic E-state index is 0.00333. The van der Waals surface area contributed by atoms with Crippen molar-refractivity contribution in [3.63, 3.8) is 0 Å². The van der Waals surface area contributed by atoms with Gasteiger partial charge in [-0.15, -0.1) is 0 Å². The topological polar surface area (TPSA) is 35.5 Å². The SMILES string of the molecule is CCNC1(CO)CCC(N(C)CC2CCCC2)C1. The van der Waals surface area contributed by atoms with Crippen molar-refractivity contribution >= 4 is 0 Å². The Hall–Kier alpha value is -0.120. The fraction of sp³-hybridized carbons (Fsp3) is 1.00. The summed E-state index contributed by atoms with van der Waals surface area (Å²) in [5, 5.41) is 13.2. The molecule has 2 fully saturated rings. The molecule has 0 aromatic heterocycles. The predicted molar refractivity (Wildman–Crippen MR) is 75.7 cm³/mol. The second-order valence-corrected chi connectivity index (χ2v) is 6.46. The van der Waals surface area contributed by atoms with E-state index in [4.69, 9.17) is 0 Å². The molecule has 3 heteroatoms. The molecule has 0 heterocycles. The monoisotopic (exact) mass is 254 g/mol. The van der Waals surface area contributed by atoms with Crippen molar-refractivity contribution in [3.05, 3.63) is 0 Å². The molecule has 2 unspecified atom stereocenters. The van der Waals surface area contributed by atoms with Crippen molar-refractivity contribution in [2.45, 2.75) is 63.5 Å². The van der Waals surface area contributed by atoms with Crippen molar-refractivity contribution in [1.29, 1.82) is 0 Å². The van der Waals surface area contributed by atoms with Crippen LogP contribution in [0.2, 0.25) is 0 Å². The average Bonchev–Trinajstić information content (AvgIpc) is 2.99. The van der Waals surface area contributed by atoms with Crippen molar-refractivity contribution < 1.29 is 5.11 Å². The maximum atomic E-state index is 9.65. The molecule has 2 atom stereocenters. The highest BCUT2D eigenvalue weighted by molar-refractivity contribution is 4.99. The molecule has 0 radical (unpaired) electrons. The molecule has 2 saturated carbocycles. The standard InChI is InChI=1S/C15H30N2O/c1-3-16-15(12-18)9-8-14(10-15)17(2)11-13-6-4-5-7-13/h13-14,16,18H,3-12H2,1-2H3. The van der Waals surface area contributed by atoms with E-state index < -0.39 is 0 Å². The van der Waals surface area contributed by atoms with Crippen molar-refractivity contribution in [3.8, 4) is 0 Å². The Morgan fingerprint density at radius 3 is 2.61 bits per heavy atom. The van der Waals surface area contributed by atoms with Gasteiger partial charge >= 0.3 is 0 Å². The first kappa shape index (κ1) is 14.3. The zero-order valence-electron chi connectivity index (χ0n) is 12.1. The zero-order valence-corrected chi connectivity index (χ0v) is 12.1. The third-order valence-corrected chi connectivity index (χ3v) is 5.08. The molecule has 2 aliphatic rings. The molecule has 0 aromatic rings. The van der Waals surface area contributed by atoms with Crippen molar-refractivity contribution in [2.75, 3.05) is 26.7 Å². The fourth-order valence-electron chi connectivity index (χ4n) is 3.96. The van der Waals surface area contributed by atoms with Gasteiger partial charge in [0.05, 0.1) is 6.61 Å². The van der Waals surface area contributed by atoms with E-state index in [2.05, 4.69) is 24.2 Å². The molecule has 0 aliphatic heterocycles. The number of rotatable bonds is 6. The van der Waals surface area contributed by atoms with E-state index in [9.17, 15) is 5.11 Å². The maximum absolute atomic E-state index is 9.65. The van der Waals surface area contributed by atoms with E-state index in [1.807, 2.05) is 0 Å². The highest BCUT2D eigenvalue weighted by Crippen LogP contribution is 2.34. The fourth-order valence-corrected chi connectivity index (χ4v) is 3.96. The quantitative estimate of drug-likeness (QED) is 0.761. The Balaban J connectivity index is 1.82. The van der Waals surface area contributed by atoms with Crippen LogP contribution in [0.3, 0.4) is 0 Å². The summed E-state index contributed by atoms with van der Waals surface area (Å²) in [7, 11) is 2.28. The molecular weight excluding hydrogens is 224 g/mol. The molecule has 0 spiro atoms. The number of hydrogen-bond donors (Lipinski definition) is 2. The van der Waals surface area contributed by atoms with Crippen LogP contribution in [0.4, 0.5) is 0 Å². The molecule has 2 aliphatic carbocycles. The number of nitrogens with zero attached hydrogens (tertiary/aromatic N) is 1. The summed E-state index contributed by atoms with van der Waals surface area (Å²) < 4.78 is 0. The van der Waals surface area contributed by atoms with Gasteiger partial charge in [0.15, 0.2) is 0 Å². The predicted octanol–water partition coefficient (Wildman–Crippen LogP) is 2.00. The number of aliphatic hydroxyl groups is 1. The lowest BCUT2D eigenvalue weighted by atomic mass is 9.98. The van der Waals surface area contributed by atoms with Crippen LogP contribution in [0.15, 0.2) is 0 Å². The molecule has 0 saturated heterocycles. The van der Waals surface area contributed by atoms with Gasteiger partial charge in [0.25, 0.3) is 0 Å². The van der Waals surface area contributed by atoms with Gasteiger partial charge in [-0.2, -0.15) is 0 Å². The Kier molecular flexibility index (Phi) is 5.05. The van der Waals surface area contributed by atoms with Crippen LogP contribution in [0, 0.1) is 5.92 Å². The average molecular weight is 254 g/mol. The molecule has 106 valence electrons. The Morgan fingerprint density at radius 1 is 1.28 bits per heavy atom. The Morgan fingerprint density at radius 2 is 2.00 bits per heavy atom. The van der Waals surface area contributed by atoms with Gasteiger partial charge in [-0.05, 0) is 51.6 Å². The summed E-state index contributed by atoms with van der Waals surface area (Å²) in [5.41, 5.74) is 0.00333. The molecule has 2 N–H and O–H groups in total. The third kappa shape index (κ3) is 3.25. The summed E-state index contributed by atoms with van der Waals surface area (Å²) in [6.45, 7) is 4.64. The molecule has 0 aromatic carbocycles. The highest BCUT2D eigenvalue weighted by Gasteiger charge is 2.39. The van der Waals surface area contributed by atoms with E-state index >= 15 is 0 Å². The van der Waals surface area contributed by atoms with E-state index in [-0.39, 0.29) is 12.1 Å². The summed E-state index contributed by atoms with van der Waals surface area (Å²) in [6, 6.07) is 0.664. The highest BCUT2D eigenvalue weighted by atomic mass is 16.3. The number of hydrogen-bond acceptors (Lipinski definition) is 3. The van der Waals surface area contributed by atoms with Crippen LogP contribution in [-0.2, 0) is 0 Å². The van der Waals surface area contributed by atoms with E-state index in [0.29, 0.717) is 6.04 Å². The normalized spacial score (nSPS) is 33.7. The summed E-state index contributed by atoms with van der Waals surface area (Å²) in [4.78, 5) is 2.56. The first-order chi connectivity index (χ1) is 8.69. The smallest absolute Gasteiger partial charge is 0.0613 e. The first-order valence-corrected chi connectivity index (χ1v) is 7.75. The Bertz CT molecular complexity index is 253. The molecule has 2 rings (SSSR count). The number of likely N-dealkylation sites (N-methyl/N-ethyl adjacent to an activating group) is 1. The summed E-state index contributed by atoms with van der Waals surface area (Å²) in [5.74, 6) is 0.929. The van der Waals surface area contributed by atoms with Crippen LogP contribution < -0.4 is 5.32 Å². The lowest BCUT2D eigenvalue weighted by molar-refractivity contribution is 0.147. The van der Waals surface area contributed by atoms with Crippen LogP contribution in [0.5, 0.6) is 0 Å². The largest absolute Gasteiger partial charge is 0.394 e. The zero-order chi connectivity index (χ0) is 13.0. The molecule has 18 heavy (non-hydrogen) atoms. The van der Waals surface area contributed by atoms with Crippen LogP contribution in [-0.4, -0.2) is 48.3 Å². The van der Waals surface area contributed by atoms with Gasteiger partial charge in [0, 0.05) is 18.1 Å². The Labute approximate surface area is 112 Å². The summed E-state index contributed by atoms with van der Waals surface area (Å²) in [6.07, 6.45) is 9.18. The van der Waals surface area contributed by atoms with Crippen molar-refractivity contribution in [2.24, 2.45) is 5.92 Å². The minimum Gasteiger partial charge on any atom is -0.394 e. The molecular formula is C15H30N2O. The van der Waals surface area contributed by atoms with Gasteiger partial charge in [-0.25, -0.2) is 0 Å². The van der Waals surface area contributed by atoms with Gasteiger partial charge in [-0.1, -0.05) is 19.8 Å². The third-order valence-electron chi connectivity index (χ3n) is 5.08. The van der Waals surface area contributed by atoms with Crippen LogP contribution in [0.25, 0.3) is 0 Å². The number of aliphatic hydroxyl groups excluding tert-OH is 1. The maximum Gasteiger partial charge on any atom is 0.0613 e. The van der Waals surface area contributed by atoms with Gasteiger partial charge < -0.3 is 15.3 Å². The second kappa shape index (κ2) is 6.36. The molecule has 3 nitrogen and oxygen atoms in total. The van der Waals surface area contributed by atoms with Gasteiger partial charge in [0.1, 0.15) is 0 Å². The minimum atomic E-state index is 0.00333. The summed E-state index contributed by atoms with van der Waals surface area (Å²) >= 11 is 0. The lowest BCUT2D eigenvalue weighted by Gasteiger charge is -2.31. The van der Waals surface area contributed by atoms with E-state index in [1.165, 1.54) is 38.6 Å².